The van der Waals surface area contributed by atoms with E-state index in [2.05, 4.69) is 19.1 Å². The van der Waals surface area contributed by atoms with Gasteiger partial charge in [0.05, 0.1) is 5.92 Å². The molecule has 1 unspecified atom stereocenters. The Morgan fingerprint density at radius 2 is 1.79 bits per heavy atom. The Morgan fingerprint density at radius 1 is 1.07 bits per heavy atom. The Morgan fingerprint density at radius 3 is 2.45 bits per heavy atom. The first-order valence-electron chi connectivity index (χ1n) is 9.99. The maximum Gasteiger partial charge on any atom is 0.308 e. The molecule has 1 fully saturated rings. The van der Waals surface area contributed by atoms with Crippen LogP contribution in [0.1, 0.15) is 24.5 Å². The highest BCUT2D eigenvalue weighted by molar-refractivity contribution is 5.86. The number of ether oxygens (including phenoxy) is 2. The lowest BCUT2D eigenvalue weighted by atomic mass is 10.1. The summed E-state index contributed by atoms with van der Waals surface area (Å²) in [6.45, 7) is 3.82. The van der Waals surface area contributed by atoms with Gasteiger partial charge in [-0.2, -0.15) is 0 Å². The summed E-state index contributed by atoms with van der Waals surface area (Å²) in [5.74, 6) is 0.00197. The molecular formula is C23H27NO5. The second-order valence-corrected chi connectivity index (χ2v) is 7.17. The molecule has 1 amide bonds. The SMILES string of the molecule is CCc1ccc(OCCOc2cccc(CCN3CC(C(=O)O)CC3=O)c2)cc1. The maximum atomic E-state index is 11.9. The summed E-state index contributed by atoms with van der Waals surface area (Å²) in [6, 6.07) is 15.8. The average molecular weight is 397 g/mol. The van der Waals surface area contributed by atoms with Crippen molar-refractivity contribution < 1.29 is 24.2 Å². The van der Waals surface area contributed by atoms with Crippen molar-refractivity contribution in [3.8, 4) is 11.5 Å². The van der Waals surface area contributed by atoms with Crippen LogP contribution in [0.25, 0.3) is 0 Å². The van der Waals surface area contributed by atoms with E-state index in [-0.39, 0.29) is 12.3 Å². The van der Waals surface area contributed by atoms with Gasteiger partial charge in [0.2, 0.25) is 5.91 Å². The van der Waals surface area contributed by atoms with Crippen LogP contribution in [-0.2, 0) is 22.4 Å². The second-order valence-electron chi connectivity index (χ2n) is 7.17. The van der Waals surface area contributed by atoms with Crippen molar-refractivity contribution in [2.45, 2.75) is 26.2 Å². The monoisotopic (exact) mass is 397 g/mol. The fourth-order valence-corrected chi connectivity index (χ4v) is 3.35. The summed E-state index contributed by atoms with van der Waals surface area (Å²) in [6.07, 6.45) is 1.76. The lowest BCUT2D eigenvalue weighted by Crippen LogP contribution is -2.28. The van der Waals surface area contributed by atoms with Gasteiger partial charge in [0.15, 0.2) is 0 Å². The summed E-state index contributed by atoms with van der Waals surface area (Å²) < 4.78 is 11.5. The number of nitrogens with zero attached hydrogens (tertiary/aromatic N) is 1. The molecule has 1 aliphatic heterocycles. The standard InChI is InChI=1S/C23H27NO5/c1-2-17-6-8-20(9-7-17)28-12-13-29-21-5-3-4-18(14-21)10-11-24-16-19(23(26)27)15-22(24)25/h3-9,14,19H,2,10-13,15-16H2,1H3,(H,26,27). The molecular weight excluding hydrogens is 370 g/mol. The molecule has 1 heterocycles. The van der Waals surface area contributed by atoms with Crippen molar-refractivity contribution in [1.82, 2.24) is 4.90 Å². The van der Waals surface area contributed by atoms with Gasteiger partial charge in [-0.05, 0) is 48.2 Å². The van der Waals surface area contributed by atoms with E-state index in [1.54, 1.807) is 4.90 Å². The molecule has 1 saturated heterocycles. The molecule has 0 spiro atoms. The van der Waals surface area contributed by atoms with Gasteiger partial charge in [-0.1, -0.05) is 31.2 Å². The van der Waals surface area contributed by atoms with Crippen LogP contribution in [-0.4, -0.2) is 48.2 Å². The Kier molecular flexibility index (Phi) is 7.11. The number of benzene rings is 2. The number of likely N-dealkylation sites (tertiary alicyclic amines) is 1. The van der Waals surface area contributed by atoms with Gasteiger partial charge < -0.3 is 19.5 Å². The quantitative estimate of drug-likeness (QED) is 0.623. The molecule has 0 aliphatic carbocycles. The summed E-state index contributed by atoms with van der Waals surface area (Å²) in [4.78, 5) is 24.6. The highest BCUT2D eigenvalue weighted by atomic mass is 16.5. The lowest BCUT2D eigenvalue weighted by Gasteiger charge is -2.16. The van der Waals surface area contributed by atoms with E-state index in [9.17, 15) is 9.59 Å². The predicted octanol–water partition coefficient (Wildman–Crippen LogP) is 3.18. The highest BCUT2D eigenvalue weighted by Crippen LogP contribution is 2.20. The topological polar surface area (TPSA) is 76.1 Å². The van der Waals surface area contributed by atoms with Crippen molar-refractivity contribution in [2.24, 2.45) is 5.92 Å². The molecule has 1 atom stereocenters. The zero-order chi connectivity index (χ0) is 20.6. The molecule has 0 bridgehead atoms. The van der Waals surface area contributed by atoms with Gasteiger partial charge in [-0.15, -0.1) is 0 Å². The van der Waals surface area contributed by atoms with Gasteiger partial charge in [0.1, 0.15) is 24.7 Å². The first-order valence-corrected chi connectivity index (χ1v) is 9.99. The van der Waals surface area contributed by atoms with Crippen LogP contribution in [0.15, 0.2) is 48.5 Å². The Bertz CT molecular complexity index is 833. The molecule has 0 saturated carbocycles. The number of hydrogen-bond donors (Lipinski definition) is 1. The van der Waals surface area contributed by atoms with Crippen molar-refractivity contribution in [3.05, 3.63) is 59.7 Å². The number of carboxylic acids is 1. The van der Waals surface area contributed by atoms with Gasteiger partial charge in [0.25, 0.3) is 0 Å². The Hall–Kier alpha value is -3.02. The molecule has 2 aromatic carbocycles. The summed E-state index contributed by atoms with van der Waals surface area (Å²) in [5, 5.41) is 9.06. The van der Waals surface area contributed by atoms with Crippen LogP contribution in [0.2, 0.25) is 0 Å². The normalized spacial score (nSPS) is 16.1. The van der Waals surface area contributed by atoms with Crippen LogP contribution < -0.4 is 9.47 Å². The number of carbonyl (C=O) groups excluding carboxylic acids is 1. The Balaban J connectivity index is 1.42. The zero-order valence-corrected chi connectivity index (χ0v) is 16.7. The highest BCUT2D eigenvalue weighted by Gasteiger charge is 2.33. The molecule has 3 rings (SSSR count). The van der Waals surface area contributed by atoms with E-state index < -0.39 is 11.9 Å². The molecule has 29 heavy (non-hydrogen) atoms. The van der Waals surface area contributed by atoms with Crippen molar-refractivity contribution in [1.29, 1.82) is 0 Å². The third kappa shape index (κ3) is 5.98. The van der Waals surface area contributed by atoms with Gasteiger partial charge in [0, 0.05) is 19.5 Å². The minimum atomic E-state index is -0.903. The Labute approximate surface area is 171 Å². The van der Waals surface area contributed by atoms with Crippen molar-refractivity contribution in [2.75, 3.05) is 26.3 Å². The molecule has 2 aromatic rings. The summed E-state index contributed by atoms with van der Waals surface area (Å²) in [7, 11) is 0. The van der Waals surface area contributed by atoms with E-state index in [4.69, 9.17) is 14.6 Å². The van der Waals surface area contributed by atoms with E-state index in [1.807, 2.05) is 36.4 Å². The maximum absolute atomic E-state index is 11.9. The zero-order valence-electron chi connectivity index (χ0n) is 16.7. The smallest absolute Gasteiger partial charge is 0.308 e. The number of aliphatic carboxylic acids is 1. The molecule has 6 nitrogen and oxygen atoms in total. The van der Waals surface area contributed by atoms with Crippen molar-refractivity contribution in [3.63, 3.8) is 0 Å². The number of hydrogen-bond acceptors (Lipinski definition) is 4. The van der Waals surface area contributed by atoms with Crippen LogP contribution in [0.5, 0.6) is 11.5 Å². The molecule has 0 aromatic heterocycles. The number of carboxylic acid groups (broad SMARTS) is 1. The van der Waals surface area contributed by atoms with Crippen LogP contribution in [0, 0.1) is 5.92 Å². The number of carbonyl (C=O) groups is 2. The van der Waals surface area contributed by atoms with Crippen molar-refractivity contribution >= 4 is 11.9 Å². The molecule has 154 valence electrons. The van der Waals surface area contributed by atoms with Crippen LogP contribution >= 0.6 is 0 Å². The lowest BCUT2D eigenvalue weighted by molar-refractivity contribution is -0.141. The van der Waals surface area contributed by atoms with Gasteiger partial charge >= 0.3 is 5.97 Å². The molecule has 1 aliphatic rings. The predicted molar refractivity (Wildman–Crippen MR) is 109 cm³/mol. The van der Waals surface area contributed by atoms with E-state index in [0.717, 1.165) is 23.5 Å². The molecule has 1 N–H and O–H groups in total. The van der Waals surface area contributed by atoms with E-state index >= 15 is 0 Å². The number of aryl methyl sites for hydroxylation is 1. The molecule has 6 heteroatoms. The van der Waals surface area contributed by atoms with Crippen LogP contribution in [0.4, 0.5) is 0 Å². The average Bonchev–Trinajstić information content (AvgIpc) is 3.11. The second kappa shape index (κ2) is 9.96. The fraction of sp³-hybridized carbons (Fsp3) is 0.391. The van der Waals surface area contributed by atoms with E-state index in [0.29, 0.717) is 32.7 Å². The fourth-order valence-electron chi connectivity index (χ4n) is 3.35. The first-order chi connectivity index (χ1) is 14.0. The largest absolute Gasteiger partial charge is 0.490 e. The van der Waals surface area contributed by atoms with Crippen LogP contribution in [0.3, 0.4) is 0 Å². The molecule has 0 radical (unpaired) electrons. The number of rotatable bonds is 10. The third-order valence-corrected chi connectivity index (χ3v) is 5.08. The van der Waals surface area contributed by atoms with Gasteiger partial charge in [-0.3, -0.25) is 9.59 Å². The van der Waals surface area contributed by atoms with E-state index in [1.165, 1.54) is 5.56 Å². The summed E-state index contributed by atoms with van der Waals surface area (Å²) >= 11 is 0. The first kappa shape index (κ1) is 20.7. The minimum absolute atomic E-state index is 0.0890. The van der Waals surface area contributed by atoms with Gasteiger partial charge in [-0.25, -0.2) is 0 Å². The summed E-state index contributed by atoms with van der Waals surface area (Å²) in [5.41, 5.74) is 2.32. The third-order valence-electron chi connectivity index (χ3n) is 5.08. The number of amides is 1. The minimum Gasteiger partial charge on any atom is -0.490 e.